The Labute approximate surface area is 102 Å². The van der Waals surface area contributed by atoms with Gasteiger partial charge in [-0.25, -0.2) is 0 Å². The Bertz CT molecular complexity index is 11.6. The molecule has 0 saturated heterocycles. The van der Waals surface area contributed by atoms with Gasteiger partial charge in [0, 0.05) is 51.2 Å². The number of hydrogen-bond acceptors (Lipinski definition) is 0. The van der Waals surface area contributed by atoms with Crippen molar-refractivity contribution in [3.05, 3.63) is 0 Å². The molecule has 0 fully saturated rings. The van der Waals surface area contributed by atoms with Crippen molar-refractivity contribution >= 4 is 17.4 Å². The van der Waals surface area contributed by atoms with E-state index in [0.29, 0.717) is 0 Å². The summed E-state index contributed by atoms with van der Waals surface area (Å²) >= 11 is 0. The normalized spacial score (nSPS) is 0. The summed E-state index contributed by atoms with van der Waals surface area (Å²) in [6.45, 7) is 0. The van der Waals surface area contributed by atoms with Crippen LogP contribution in [0.2, 0.25) is 0 Å². The van der Waals surface area contributed by atoms with Crippen LogP contribution in [-0.4, -0.2) is 17.4 Å². The van der Waals surface area contributed by atoms with Crippen LogP contribution in [0.5, 0.6) is 0 Å². The molecule has 0 amide bonds. The first-order valence-corrected chi connectivity index (χ1v) is 0. The molecule has 4 heteroatoms. The summed E-state index contributed by atoms with van der Waals surface area (Å²) in [6, 6.07) is 0. The monoisotopic (exact) mass is 177 g/mol. The van der Waals surface area contributed by atoms with Crippen LogP contribution < -0.4 is 51.4 Å². The predicted molar refractivity (Wildman–Crippen MR) is 6.87 cm³/mol. The van der Waals surface area contributed by atoms with E-state index in [9.17, 15) is 0 Å². The largest absolute Gasteiger partial charge is 1.00 e. The zero-order valence-electron chi connectivity index (χ0n) is 3.30. The summed E-state index contributed by atoms with van der Waals surface area (Å²) in [6.07, 6.45) is 0. The molecule has 0 aliphatic rings. The summed E-state index contributed by atoms with van der Waals surface area (Å²) in [5, 5.41) is 0. The molecule has 0 unspecified atom stereocenters. The van der Waals surface area contributed by atoms with Crippen molar-refractivity contribution in [3.63, 3.8) is 0 Å². The molecule has 0 saturated carbocycles. The maximum atomic E-state index is 0. The second-order valence-corrected chi connectivity index (χ2v) is 0. The van der Waals surface area contributed by atoms with Crippen molar-refractivity contribution in [3.8, 4) is 0 Å². The fourth-order valence-electron chi connectivity index (χ4n) is 0. The van der Waals surface area contributed by atoms with Gasteiger partial charge in [0.05, 0.1) is 0 Å². The summed E-state index contributed by atoms with van der Waals surface area (Å²) in [5.74, 6) is 0. The summed E-state index contributed by atoms with van der Waals surface area (Å²) in [7, 11) is 0. The fraction of sp³-hybridized carbons (Fsp3) is 0. The van der Waals surface area contributed by atoms with Crippen LogP contribution in [0.15, 0.2) is 0 Å². The first-order valence-electron chi connectivity index (χ1n) is 0. The van der Waals surface area contributed by atoms with Gasteiger partial charge in [-0.2, -0.15) is 0 Å². The molecule has 0 rings (SSSR count). The first kappa shape index (κ1) is 27.1. The molecule has 4 heavy (non-hydrogen) atoms. The minimum absolute atomic E-state index is 0. The van der Waals surface area contributed by atoms with E-state index >= 15 is 0 Å². The molecule has 0 aromatic heterocycles. The van der Waals surface area contributed by atoms with Gasteiger partial charge in [-0.1, -0.05) is 0 Å². The van der Waals surface area contributed by atoms with Crippen LogP contribution in [0.3, 0.4) is 0 Å². The van der Waals surface area contributed by atoms with Gasteiger partial charge in [-0.15, -0.1) is 0 Å². The molecule has 0 aliphatic heterocycles. The Morgan fingerprint density at radius 2 is 1.25 bits per heavy atom. The maximum Gasteiger partial charge on any atom is 1.00 e. The summed E-state index contributed by atoms with van der Waals surface area (Å²) < 4.78 is 0. The van der Waals surface area contributed by atoms with Gasteiger partial charge < -0.3 is 1.43 Å². The van der Waals surface area contributed by atoms with Gasteiger partial charge in [0.25, 0.3) is 0 Å². The Morgan fingerprint density at radius 3 is 1.25 bits per heavy atom. The second-order valence-electron chi connectivity index (χ2n) is 0. The van der Waals surface area contributed by atoms with Gasteiger partial charge in [0.2, 0.25) is 0 Å². The SMILES string of the molecule is [Al].[Cr].[H-].[K+].[Ni]. The Kier molecular flexibility index (Phi) is 111. The van der Waals surface area contributed by atoms with Crippen molar-refractivity contribution in [2.24, 2.45) is 0 Å². The van der Waals surface area contributed by atoms with E-state index in [2.05, 4.69) is 0 Å². The third-order valence-corrected chi connectivity index (χ3v) is 0. The quantitative estimate of drug-likeness (QED) is 0.341. The second kappa shape index (κ2) is 16.4. The number of hydrogen-bond donors (Lipinski definition) is 0. The first-order chi connectivity index (χ1) is 0. The van der Waals surface area contributed by atoms with Crippen LogP contribution in [0.4, 0.5) is 0 Å². The molecule has 0 spiro atoms. The Hall–Kier alpha value is 3.19. The molecule has 0 aliphatic carbocycles. The van der Waals surface area contributed by atoms with E-state index in [-0.39, 0.29) is 104 Å². The molecule has 0 bridgehead atoms. The van der Waals surface area contributed by atoms with Crippen LogP contribution in [-0.2, 0) is 33.9 Å². The standard InChI is InChI=1S/Al.Cr.K.Ni.H/q;;+1;;-1. The average molecular weight is 178 g/mol. The van der Waals surface area contributed by atoms with E-state index in [1.807, 2.05) is 0 Å². The van der Waals surface area contributed by atoms with Crippen molar-refractivity contribution in [2.45, 2.75) is 0 Å². The molecular weight excluding hydrogens is 177 g/mol. The molecule has 0 aromatic rings. The van der Waals surface area contributed by atoms with Crippen LogP contribution in [0.25, 0.3) is 0 Å². The Balaban J connectivity index is 0. The van der Waals surface area contributed by atoms with Crippen molar-refractivity contribution < 1.29 is 86.7 Å². The number of rotatable bonds is 0. The zero-order valence-corrected chi connectivity index (χ0v) is 8.84. The van der Waals surface area contributed by atoms with Crippen LogP contribution >= 0.6 is 0 Å². The summed E-state index contributed by atoms with van der Waals surface area (Å²) in [4.78, 5) is 0. The zero-order chi connectivity index (χ0) is 0. The third kappa shape index (κ3) is 8.96. The maximum absolute atomic E-state index is 0. The van der Waals surface area contributed by atoms with Crippen molar-refractivity contribution in [1.29, 1.82) is 0 Å². The van der Waals surface area contributed by atoms with Gasteiger partial charge in [-0.3, -0.25) is 0 Å². The van der Waals surface area contributed by atoms with Crippen molar-refractivity contribution in [1.82, 2.24) is 0 Å². The average Bonchev–Trinajstić information content (AvgIpc) is 0. The van der Waals surface area contributed by atoms with Gasteiger partial charge in [0.1, 0.15) is 0 Å². The summed E-state index contributed by atoms with van der Waals surface area (Å²) in [5.41, 5.74) is 0. The molecule has 0 nitrogen and oxygen atoms in total. The molecule has 21 valence electrons. The van der Waals surface area contributed by atoms with E-state index in [4.69, 9.17) is 0 Å². The molecule has 3 radical (unpaired) electrons. The molecule has 0 N–H and O–H groups in total. The van der Waals surface area contributed by atoms with E-state index in [1.54, 1.807) is 0 Å². The smallest absolute Gasteiger partial charge is 1.00 e. The van der Waals surface area contributed by atoms with Crippen molar-refractivity contribution in [2.75, 3.05) is 0 Å². The van der Waals surface area contributed by atoms with Gasteiger partial charge >= 0.3 is 51.4 Å². The van der Waals surface area contributed by atoms with Gasteiger partial charge in [0.15, 0.2) is 0 Å². The van der Waals surface area contributed by atoms with Crippen LogP contribution in [0.1, 0.15) is 1.43 Å². The molecule has 0 heterocycles. The third-order valence-electron chi connectivity index (χ3n) is 0. The van der Waals surface area contributed by atoms with Gasteiger partial charge in [-0.05, 0) is 0 Å². The van der Waals surface area contributed by atoms with E-state index in [0.717, 1.165) is 0 Å². The van der Waals surface area contributed by atoms with Crippen LogP contribution in [0, 0.1) is 0 Å². The van der Waals surface area contributed by atoms with E-state index in [1.165, 1.54) is 0 Å². The molecular formula is HAlCrKNi. The predicted octanol–water partition coefficient (Wildman–Crippen LogP) is -3.27. The molecule has 0 aromatic carbocycles. The Morgan fingerprint density at radius 1 is 1.25 bits per heavy atom. The minimum Gasteiger partial charge on any atom is -1.00 e. The molecule has 0 atom stereocenters. The van der Waals surface area contributed by atoms with E-state index < -0.39 is 0 Å². The fourth-order valence-corrected chi connectivity index (χ4v) is 0. The minimum atomic E-state index is 0. The topological polar surface area (TPSA) is 0 Å².